The highest BCUT2D eigenvalue weighted by Crippen LogP contribution is 2.04. The molecule has 0 spiro atoms. The second-order valence-electron chi connectivity index (χ2n) is 4.47. The third-order valence-electron chi connectivity index (χ3n) is 2.71. The van der Waals surface area contributed by atoms with Crippen LogP contribution in [-0.4, -0.2) is 23.2 Å². The number of amides is 1. The van der Waals surface area contributed by atoms with E-state index in [0.29, 0.717) is 6.54 Å². The SMILES string of the molecule is CC(C)[C@@H](N)C(O)C(=O)NCc1ccccc1. The van der Waals surface area contributed by atoms with Crippen LogP contribution in [0.4, 0.5) is 0 Å². The summed E-state index contributed by atoms with van der Waals surface area (Å²) in [5, 5.41) is 12.4. The molecule has 1 aromatic rings. The molecule has 1 unspecified atom stereocenters. The summed E-state index contributed by atoms with van der Waals surface area (Å²) >= 11 is 0. The maximum Gasteiger partial charge on any atom is 0.250 e. The summed E-state index contributed by atoms with van der Waals surface area (Å²) in [4.78, 5) is 11.6. The van der Waals surface area contributed by atoms with E-state index in [1.807, 2.05) is 44.2 Å². The minimum Gasteiger partial charge on any atom is -0.382 e. The van der Waals surface area contributed by atoms with Crippen molar-refractivity contribution >= 4 is 5.91 Å². The van der Waals surface area contributed by atoms with Gasteiger partial charge in [0, 0.05) is 12.6 Å². The molecule has 4 N–H and O–H groups in total. The van der Waals surface area contributed by atoms with Gasteiger partial charge in [-0.1, -0.05) is 44.2 Å². The fourth-order valence-electron chi connectivity index (χ4n) is 1.43. The molecule has 0 aliphatic carbocycles. The van der Waals surface area contributed by atoms with Crippen molar-refractivity contribution in [1.82, 2.24) is 5.32 Å². The Morgan fingerprint density at radius 2 is 1.94 bits per heavy atom. The molecule has 0 heterocycles. The maximum atomic E-state index is 11.6. The number of benzene rings is 1. The van der Waals surface area contributed by atoms with E-state index in [9.17, 15) is 9.90 Å². The molecule has 4 nitrogen and oxygen atoms in total. The smallest absolute Gasteiger partial charge is 0.250 e. The summed E-state index contributed by atoms with van der Waals surface area (Å²) in [6.45, 7) is 4.15. The molecule has 1 rings (SSSR count). The van der Waals surface area contributed by atoms with Gasteiger partial charge in [0.25, 0.3) is 5.91 Å². The van der Waals surface area contributed by atoms with Crippen LogP contribution in [-0.2, 0) is 11.3 Å². The summed E-state index contributed by atoms with van der Waals surface area (Å²) in [7, 11) is 0. The minimum absolute atomic E-state index is 0.0625. The quantitative estimate of drug-likeness (QED) is 0.702. The van der Waals surface area contributed by atoms with Gasteiger partial charge < -0.3 is 16.2 Å². The zero-order chi connectivity index (χ0) is 12.8. The molecule has 0 radical (unpaired) electrons. The van der Waals surface area contributed by atoms with Gasteiger partial charge in [0.2, 0.25) is 0 Å². The van der Waals surface area contributed by atoms with Crippen LogP contribution >= 0.6 is 0 Å². The highest BCUT2D eigenvalue weighted by atomic mass is 16.3. The third-order valence-corrected chi connectivity index (χ3v) is 2.71. The van der Waals surface area contributed by atoms with Crippen LogP contribution in [0.3, 0.4) is 0 Å². The number of hydrogen-bond donors (Lipinski definition) is 3. The van der Waals surface area contributed by atoms with E-state index in [-0.39, 0.29) is 5.92 Å². The van der Waals surface area contributed by atoms with Gasteiger partial charge >= 0.3 is 0 Å². The van der Waals surface area contributed by atoms with Crippen LogP contribution in [0.1, 0.15) is 19.4 Å². The highest BCUT2D eigenvalue weighted by Gasteiger charge is 2.24. The van der Waals surface area contributed by atoms with Crippen LogP contribution < -0.4 is 11.1 Å². The summed E-state index contributed by atoms with van der Waals surface area (Å²) in [6, 6.07) is 9.00. The van der Waals surface area contributed by atoms with Crippen LogP contribution in [0.25, 0.3) is 0 Å². The van der Waals surface area contributed by atoms with Gasteiger partial charge in [0.1, 0.15) is 6.10 Å². The maximum absolute atomic E-state index is 11.6. The van der Waals surface area contributed by atoms with Crippen molar-refractivity contribution in [2.24, 2.45) is 11.7 Å². The molecule has 0 fully saturated rings. The van der Waals surface area contributed by atoms with Crippen molar-refractivity contribution < 1.29 is 9.90 Å². The first-order valence-corrected chi connectivity index (χ1v) is 5.77. The lowest BCUT2D eigenvalue weighted by Crippen LogP contribution is -2.48. The van der Waals surface area contributed by atoms with Crippen molar-refractivity contribution in [3.05, 3.63) is 35.9 Å². The number of nitrogens with one attached hydrogen (secondary N) is 1. The molecule has 1 amide bonds. The second-order valence-corrected chi connectivity index (χ2v) is 4.47. The van der Waals surface area contributed by atoms with Gasteiger partial charge in [-0.15, -0.1) is 0 Å². The minimum atomic E-state index is -1.15. The summed E-state index contributed by atoms with van der Waals surface area (Å²) in [5.74, 6) is -0.359. The largest absolute Gasteiger partial charge is 0.382 e. The number of nitrogens with two attached hydrogens (primary N) is 1. The molecular weight excluding hydrogens is 216 g/mol. The first kappa shape index (κ1) is 13.7. The van der Waals surface area contributed by atoms with Gasteiger partial charge in [-0.25, -0.2) is 0 Å². The Bertz CT molecular complexity index is 352. The lowest BCUT2D eigenvalue weighted by molar-refractivity contribution is -0.131. The molecule has 4 heteroatoms. The van der Waals surface area contributed by atoms with E-state index in [1.54, 1.807) is 0 Å². The van der Waals surface area contributed by atoms with Gasteiger partial charge in [0.15, 0.2) is 0 Å². The molecule has 0 saturated carbocycles. The predicted molar refractivity (Wildman–Crippen MR) is 67.1 cm³/mol. The molecule has 0 aliphatic heterocycles. The van der Waals surface area contributed by atoms with Crippen molar-refractivity contribution in [1.29, 1.82) is 0 Å². The van der Waals surface area contributed by atoms with E-state index in [4.69, 9.17) is 5.73 Å². The Kier molecular flexibility index (Phi) is 5.12. The highest BCUT2D eigenvalue weighted by molar-refractivity contribution is 5.81. The lowest BCUT2D eigenvalue weighted by Gasteiger charge is -2.21. The first-order valence-electron chi connectivity index (χ1n) is 5.77. The van der Waals surface area contributed by atoms with Crippen molar-refractivity contribution in [3.63, 3.8) is 0 Å². The van der Waals surface area contributed by atoms with Crippen LogP contribution in [0.2, 0.25) is 0 Å². The van der Waals surface area contributed by atoms with E-state index in [2.05, 4.69) is 5.32 Å². The van der Waals surface area contributed by atoms with Gasteiger partial charge in [-0.05, 0) is 11.5 Å². The molecule has 94 valence electrons. The van der Waals surface area contributed by atoms with E-state index < -0.39 is 18.1 Å². The number of carbonyl (C=O) groups excluding carboxylic acids is 1. The molecular formula is C13H20N2O2. The second kappa shape index (κ2) is 6.37. The molecule has 17 heavy (non-hydrogen) atoms. The van der Waals surface area contributed by atoms with Gasteiger partial charge in [-0.2, -0.15) is 0 Å². The summed E-state index contributed by atoms with van der Waals surface area (Å²) < 4.78 is 0. The van der Waals surface area contributed by atoms with E-state index in [0.717, 1.165) is 5.56 Å². The number of rotatable bonds is 5. The molecule has 2 atom stereocenters. The number of hydrogen-bond acceptors (Lipinski definition) is 3. The first-order chi connectivity index (χ1) is 8.02. The van der Waals surface area contributed by atoms with Gasteiger partial charge in [0.05, 0.1) is 0 Å². The Morgan fingerprint density at radius 3 is 2.47 bits per heavy atom. The Labute approximate surface area is 102 Å². The molecule has 0 aromatic heterocycles. The average Bonchev–Trinajstić information content (AvgIpc) is 2.35. The Balaban J connectivity index is 2.45. The van der Waals surface area contributed by atoms with Crippen LogP contribution in [0.5, 0.6) is 0 Å². The normalized spacial score (nSPS) is 14.4. The number of aliphatic hydroxyl groups is 1. The van der Waals surface area contributed by atoms with Crippen LogP contribution in [0.15, 0.2) is 30.3 Å². The fourth-order valence-corrected chi connectivity index (χ4v) is 1.43. The third kappa shape index (κ3) is 4.17. The van der Waals surface area contributed by atoms with Crippen molar-refractivity contribution in [2.45, 2.75) is 32.5 Å². The van der Waals surface area contributed by atoms with Crippen LogP contribution in [0, 0.1) is 5.92 Å². The van der Waals surface area contributed by atoms with Gasteiger partial charge in [-0.3, -0.25) is 4.79 Å². The molecule has 0 aliphatic rings. The number of aliphatic hydroxyl groups excluding tert-OH is 1. The lowest BCUT2D eigenvalue weighted by atomic mass is 9.99. The zero-order valence-electron chi connectivity index (χ0n) is 10.3. The monoisotopic (exact) mass is 236 g/mol. The Hall–Kier alpha value is -1.39. The number of carbonyl (C=O) groups is 1. The summed E-state index contributed by atoms with van der Waals surface area (Å²) in [6.07, 6.45) is -1.15. The fraction of sp³-hybridized carbons (Fsp3) is 0.462. The standard InChI is InChI=1S/C13H20N2O2/c1-9(2)11(14)12(16)13(17)15-8-10-6-4-3-5-7-10/h3-7,9,11-12,16H,8,14H2,1-2H3,(H,15,17)/t11-,12?/m1/s1. The molecule has 0 saturated heterocycles. The Morgan fingerprint density at radius 1 is 1.35 bits per heavy atom. The average molecular weight is 236 g/mol. The topological polar surface area (TPSA) is 75.3 Å². The zero-order valence-corrected chi connectivity index (χ0v) is 10.3. The molecule has 1 aromatic carbocycles. The van der Waals surface area contributed by atoms with E-state index >= 15 is 0 Å². The van der Waals surface area contributed by atoms with Crippen molar-refractivity contribution in [3.8, 4) is 0 Å². The van der Waals surface area contributed by atoms with E-state index in [1.165, 1.54) is 0 Å². The molecule has 0 bridgehead atoms. The summed E-state index contributed by atoms with van der Waals surface area (Å²) in [5.41, 5.74) is 6.71. The predicted octanol–water partition coefficient (Wildman–Crippen LogP) is 0.647. The van der Waals surface area contributed by atoms with Crippen molar-refractivity contribution in [2.75, 3.05) is 0 Å².